The highest BCUT2D eigenvalue weighted by molar-refractivity contribution is 7.89. The molecule has 154 valence electrons. The third-order valence-corrected chi connectivity index (χ3v) is 6.39. The fraction of sp³-hybridized carbons (Fsp3) is 0.278. The highest BCUT2D eigenvalue weighted by Crippen LogP contribution is 2.25. The van der Waals surface area contributed by atoms with Crippen molar-refractivity contribution in [1.29, 1.82) is 0 Å². The molecule has 0 fully saturated rings. The van der Waals surface area contributed by atoms with Crippen LogP contribution in [0, 0.1) is 0 Å². The van der Waals surface area contributed by atoms with Crippen LogP contribution in [0.1, 0.15) is 26.8 Å². The fourth-order valence-corrected chi connectivity index (χ4v) is 4.23. The maximum atomic E-state index is 12.5. The number of benzene rings is 1. The van der Waals surface area contributed by atoms with E-state index in [1.807, 2.05) is 13.8 Å². The van der Waals surface area contributed by atoms with Crippen molar-refractivity contribution in [2.24, 2.45) is 0 Å². The normalized spacial score (nSPS) is 13.0. The molecular formula is C18H19Cl2N5O3S. The van der Waals surface area contributed by atoms with Gasteiger partial charge in [-0.2, -0.15) is 9.82 Å². The van der Waals surface area contributed by atoms with E-state index in [1.165, 1.54) is 31.3 Å². The highest BCUT2D eigenvalue weighted by Gasteiger charge is 2.23. The molecule has 0 spiro atoms. The van der Waals surface area contributed by atoms with Crippen LogP contribution >= 0.6 is 23.2 Å². The Morgan fingerprint density at radius 1 is 1.10 bits per heavy atom. The number of amides is 1. The third-order valence-electron chi connectivity index (χ3n) is 4.12. The second kappa shape index (κ2) is 8.27. The van der Waals surface area contributed by atoms with Crippen molar-refractivity contribution in [3.05, 3.63) is 46.7 Å². The summed E-state index contributed by atoms with van der Waals surface area (Å²) >= 11 is 11.7. The van der Waals surface area contributed by atoms with Crippen molar-refractivity contribution < 1.29 is 13.2 Å². The predicted octanol–water partition coefficient (Wildman–Crippen LogP) is 3.62. The zero-order valence-corrected chi connectivity index (χ0v) is 18.2. The second-order valence-corrected chi connectivity index (χ2v) is 9.26. The Kier molecular flexibility index (Phi) is 6.13. The molecule has 3 rings (SSSR count). The van der Waals surface area contributed by atoms with E-state index < -0.39 is 22.0 Å². The number of rotatable bonds is 6. The first-order valence-corrected chi connectivity index (χ1v) is 10.9. The zero-order chi connectivity index (χ0) is 21.3. The van der Waals surface area contributed by atoms with Crippen LogP contribution in [-0.2, 0) is 14.8 Å². The van der Waals surface area contributed by atoms with Crippen LogP contribution in [0.15, 0.2) is 41.6 Å². The van der Waals surface area contributed by atoms with Gasteiger partial charge in [-0.15, -0.1) is 0 Å². The third kappa shape index (κ3) is 4.69. The van der Waals surface area contributed by atoms with E-state index >= 15 is 0 Å². The SMILES string of the molecule is CC(NS(=O)(=O)c1ccc(Cl)c(Cl)c1)C(=O)Nc1cnc2c(cnn2C(C)C)c1. The van der Waals surface area contributed by atoms with Gasteiger partial charge in [0, 0.05) is 11.4 Å². The molecule has 1 amide bonds. The van der Waals surface area contributed by atoms with E-state index in [4.69, 9.17) is 23.2 Å². The van der Waals surface area contributed by atoms with Crippen LogP contribution < -0.4 is 10.0 Å². The van der Waals surface area contributed by atoms with Gasteiger partial charge in [0.25, 0.3) is 0 Å². The average molecular weight is 456 g/mol. The Labute approximate surface area is 178 Å². The largest absolute Gasteiger partial charge is 0.323 e. The summed E-state index contributed by atoms with van der Waals surface area (Å²) in [6, 6.07) is 4.75. The van der Waals surface area contributed by atoms with E-state index in [0.717, 1.165) is 5.39 Å². The molecule has 1 atom stereocenters. The van der Waals surface area contributed by atoms with E-state index in [9.17, 15) is 13.2 Å². The minimum absolute atomic E-state index is 0.0873. The van der Waals surface area contributed by atoms with Crippen molar-refractivity contribution in [2.45, 2.75) is 37.8 Å². The van der Waals surface area contributed by atoms with Gasteiger partial charge in [0.1, 0.15) is 0 Å². The summed E-state index contributed by atoms with van der Waals surface area (Å²) in [4.78, 5) is 16.7. The lowest BCUT2D eigenvalue weighted by Gasteiger charge is -2.15. The maximum Gasteiger partial charge on any atom is 0.242 e. The second-order valence-electron chi connectivity index (χ2n) is 6.73. The quantitative estimate of drug-likeness (QED) is 0.590. The Morgan fingerprint density at radius 2 is 1.83 bits per heavy atom. The predicted molar refractivity (Wildman–Crippen MR) is 113 cm³/mol. The van der Waals surface area contributed by atoms with E-state index in [1.54, 1.807) is 16.9 Å². The number of hydrogen-bond acceptors (Lipinski definition) is 5. The van der Waals surface area contributed by atoms with Gasteiger partial charge in [-0.25, -0.2) is 18.1 Å². The summed E-state index contributed by atoms with van der Waals surface area (Å²) in [5.74, 6) is -0.536. The number of pyridine rings is 1. The van der Waals surface area contributed by atoms with Gasteiger partial charge in [0.15, 0.2) is 5.65 Å². The molecule has 8 nitrogen and oxygen atoms in total. The summed E-state index contributed by atoms with van der Waals surface area (Å²) in [7, 11) is -3.96. The maximum absolute atomic E-state index is 12.5. The summed E-state index contributed by atoms with van der Waals surface area (Å²) in [6.07, 6.45) is 3.16. The lowest BCUT2D eigenvalue weighted by atomic mass is 10.3. The van der Waals surface area contributed by atoms with Crippen LogP contribution in [0.2, 0.25) is 10.0 Å². The molecule has 0 bridgehead atoms. The lowest BCUT2D eigenvalue weighted by Crippen LogP contribution is -2.41. The first-order valence-electron chi connectivity index (χ1n) is 8.70. The van der Waals surface area contributed by atoms with Gasteiger partial charge < -0.3 is 5.32 Å². The number of nitrogens with one attached hydrogen (secondary N) is 2. The van der Waals surface area contributed by atoms with Crippen LogP contribution in [0.4, 0.5) is 5.69 Å². The molecule has 0 aliphatic carbocycles. The number of halogens is 2. The molecule has 0 saturated heterocycles. The van der Waals surface area contributed by atoms with E-state index in [-0.39, 0.29) is 21.0 Å². The molecule has 1 unspecified atom stereocenters. The molecule has 2 N–H and O–H groups in total. The molecule has 2 aromatic heterocycles. The van der Waals surface area contributed by atoms with Crippen LogP contribution in [-0.4, -0.2) is 35.1 Å². The molecule has 3 aromatic rings. The molecule has 0 aliphatic rings. The van der Waals surface area contributed by atoms with Gasteiger partial charge in [-0.05, 0) is 45.0 Å². The molecule has 11 heteroatoms. The van der Waals surface area contributed by atoms with Crippen LogP contribution in [0.25, 0.3) is 11.0 Å². The Morgan fingerprint density at radius 3 is 2.48 bits per heavy atom. The Balaban J connectivity index is 1.73. The minimum Gasteiger partial charge on any atom is -0.323 e. The number of carbonyl (C=O) groups excluding carboxylic acids is 1. The van der Waals surface area contributed by atoms with Crippen molar-refractivity contribution in [2.75, 3.05) is 5.32 Å². The smallest absolute Gasteiger partial charge is 0.242 e. The van der Waals surface area contributed by atoms with Gasteiger partial charge in [-0.1, -0.05) is 23.2 Å². The Hall–Kier alpha value is -2.20. The molecular weight excluding hydrogens is 437 g/mol. The fourth-order valence-electron chi connectivity index (χ4n) is 2.64. The highest BCUT2D eigenvalue weighted by atomic mass is 35.5. The summed E-state index contributed by atoms with van der Waals surface area (Å²) in [5, 5.41) is 8.03. The van der Waals surface area contributed by atoms with Crippen molar-refractivity contribution in [1.82, 2.24) is 19.5 Å². The monoisotopic (exact) mass is 455 g/mol. The number of aromatic nitrogens is 3. The van der Waals surface area contributed by atoms with Gasteiger partial charge in [0.05, 0.1) is 39.1 Å². The Bertz CT molecular complexity index is 1180. The minimum atomic E-state index is -3.96. The van der Waals surface area contributed by atoms with Crippen LogP contribution in [0.3, 0.4) is 0 Å². The molecule has 2 heterocycles. The molecule has 0 saturated carbocycles. The number of carbonyl (C=O) groups is 1. The zero-order valence-electron chi connectivity index (χ0n) is 15.8. The molecule has 0 aliphatic heterocycles. The number of hydrogen-bond donors (Lipinski definition) is 2. The van der Waals surface area contributed by atoms with E-state index in [2.05, 4.69) is 20.1 Å². The number of fused-ring (bicyclic) bond motifs is 1. The van der Waals surface area contributed by atoms with Gasteiger partial charge in [0.2, 0.25) is 15.9 Å². The molecule has 1 aromatic carbocycles. The van der Waals surface area contributed by atoms with Gasteiger partial charge in [-0.3, -0.25) is 4.79 Å². The number of anilines is 1. The molecule has 0 radical (unpaired) electrons. The lowest BCUT2D eigenvalue weighted by molar-refractivity contribution is -0.117. The van der Waals surface area contributed by atoms with Crippen molar-refractivity contribution >= 4 is 55.9 Å². The van der Waals surface area contributed by atoms with Crippen LogP contribution in [0.5, 0.6) is 0 Å². The first-order chi connectivity index (χ1) is 13.6. The topological polar surface area (TPSA) is 106 Å². The summed E-state index contributed by atoms with van der Waals surface area (Å²) in [6.45, 7) is 5.42. The van der Waals surface area contributed by atoms with Crippen molar-refractivity contribution in [3.63, 3.8) is 0 Å². The van der Waals surface area contributed by atoms with Gasteiger partial charge >= 0.3 is 0 Å². The number of nitrogens with zero attached hydrogens (tertiary/aromatic N) is 3. The average Bonchev–Trinajstić information content (AvgIpc) is 3.07. The van der Waals surface area contributed by atoms with E-state index in [0.29, 0.717) is 11.3 Å². The molecule has 29 heavy (non-hydrogen) atoms. The standard InChI is InChI=1S/C18H19Cl2N5O3S/c1-10(2)25-17-12(8-22-25)6-13(9-21-17)23-18(26)11(3)24-29(27,28)14-4-5-15(19)16(20)7-14/h4-11,24H,1-3H3,(H,23,26). The number of sulfonamides is 1. The first kappa shape index (κ1) is 21.5. The summed E-state index contributed by atoms with van der Waals surface area (Å²) in [5.41, 5.74) is 1.14. The van der Waals surface area contributed by atoms with Crippen molar-refractivity contribution in [3.8, 4) is 0 Å². The summed E-state index contributed by atoms with van der Waals surface area (Å²) < 4.78 is 29.1.